The summed E-state index contributed by atoms with van der Waals surface area (Å²) in [6.07, 6.45) is 1.21. The number of Topliss-reactive ketones (excluding diaryl/α,β-unsaturated/α-hetero) is 1. The SMILES string of the molecule is CCOP(=O)(OCC)/C(C)=C(/C)C1=C(C(C)=O)CC(COC)(COC)C1. The van der Waals surface area contributed by atoms with Crippen molar-refractivity contribution >= 4 is 13.4 Å². The molecule has 150 valence electrons. The summed E-state index contributed by atoms with van der Waals surface area (Å²) in [6, 6.07) is 0. The molecule has 0 amide bonds. The van der Waals surface area contributed by atoms with Gasteiger partial charge in [-0.2, -0.15) is 0 Å². The maximum absolute atomic E-state index is 13.1. The molecule has 0 aromatic heterocycles. The number of rotatable bonds is 11. The Morgan fingerprint density at radius 3 is 1.81 bits per heavy atom. The van der Waals surface area contributed by atoms with E-state index in [0.717, 1.165) is 16.7 Å². The molecule has 0 spiro atoms. The molecule has 0 aliphatic heterocycles. The van der Waals surface area contributed by atoms with Crippen LogP contribution in [0.1, 0.15) is 47.5 Å². The van der Waals surface area contributed by atoms with E-state index in [1.807, 2.05) is 6.92 Å². The largest absolute Gasteiger partial charge is 0.384 e. The van der Waals surface area contributed by atoms with Gasteiger partial charge in [-0.1, -0.05) is 0 Å². The fourth-order valence-corrected chi connectivity index (χ4v) is 5.26. The van der Waals surface area contributed by atoms with Gasteiger partial charge in [0, 0.05) is 24.9 Å². The Hall–Kier alpha value is -0.780. The van der Waals surface area contributed by atoms with Gasteiger partial charge < -0.3 is 18.5 Å². The minimum absolute atomic E-state index is 0.0175. The Kier molecular flexibility index (Phi) is 8.90. The number of hydrogen-bond donors (Lipinski definition) is 0. The van der Waals surface area contributed by atoms with Crippen molar-refractivity contribution < 1.29 is 27.9 Å². The molecule has 7 heteroatoms. The topological polar surface area (TPSA) is 71.1 Å². The average molecular weight is 388 g/mol. The second-order valence-corrected chi connectivity index (χ2v) is 8.96. The zero-order valence-electron chi connectivity index (χ0n) is 17.1. The number of carbonyl (C=O) groups is 1. The standard InChI is InChI=1S/C19H33O6P/c1-8-24-26(21,25-9-2)16(5)14(3)17-10-19(12-22-6,13-23-7)11-18(17)15(4)20/h8-13H2,1-7H3/b16-14-. The van der Waals surface area contributed by atoms with Crippen molar-refractivity contribution in [2.75, 3.05) is 40.6 Å². The highest BCUT2D eigenvalue weighted by molar-refractivity contribution is 7.58. The summed E-state index contributed by atoms with van der Waals surface area (Å²) in [5.41, 5.74) is 2.16. The molecule has 0 saturated heterocycles. The number of carbonyl (C=O) groups excluding carboxylic acids is 1. The molecular formula is C19H33O6P. The van der Waals surface area contributed by atoms with Gasteiger partial charge in [-0.15, -0.1) is 0 Å². The molecule has 0 unspecified atom stereocenters. The highest BCUT2D eigenvalue weighted by atomic mass is 31.2. The zero-order chi connectivity index (χ0) is 20.0. The molecule has 6 nitrogen and oxygen atoms in total. The van der Waals surface area contributed by atoms with E-state index >= 15 is 0 Å². The number of ether oxygens (including phenoxy) is 2. The van der Waals surface area contributed by atoms with Gasteiger partial charge in [-0.3, -0.25) is 9.36 Å². The summed E-state index contributed by atoms with van der Waals surface area (Å²) >= 11 is 0. The fraction of sp³-hybridized carbons (Fsp3) is 0.737. The van der Waals surface area contributed by atoms with Crippen LogP contribution in [0.5, 0.6) is 0 Å². The van der Waals surface area contributed by atoms with Crippen molar-refractivity contribution in [1.82, 2.24) is 0 Å². The first-order valence-electron chi connectivity index (χ1n) is 8.98. The molecule has 0 aromatic rings. The third kappa shape index (κ3) is 5.14. The first-order chi connectivity index (χ1) is 12.2. The van der Waals surface area contributed by atoms with Crippen molar-refractivity contribution in [3.05, 3.63) is 22.0 Å². The lowest BCUT2D eigenvalue weighted by Gasteiger charge is -2.28. The number of ketones is 1. The third-order valence-corrected chi connectivity index (χ3v) is 7.15. The predicted molar refractivity (Wildman–Crippen MR) is 102 cm³/mol. The van der Waals surface area contributed by atoms with Crippen molar-refractivity contribution in [2.45, 2.75) is 47.5 Å². The van der Waals surface area contributed by atoms with Gasteiger partial charge in [0.05, 0.1) is 26.4 Å². The van der Waals surface area contributed by atoms with E-state index in [1.165, 1.54) is 0 Å². The van der Waals surface area contributed by atoms with Crippen LogP contribution in [0.15, 0.2) is 22.0 Å². The lowest BCUT2D eigenvalue weighted by molar-refractivity contribution is -0.114. The van der Waals surface area contributed by atoms with E-state index in [9.17, 15) is 9.36 Å². The summed E-state index contributed by atoms with van der Waals surface area (Å²) in [5.74, 6) is 0.0175. The van der Waals surface area contributed by atoms with Crippen LogP contribution in [-0.2, 0) is 27.9 Å². The Balaban J connectivity index is 3.40. The summed E-state index contributed by atoms with van der Waals surface area (Å²) in [7, 11) is -0.0807. The maximum atomic E-state index is 13.1. The predicted octanol–water partition coefficient (Wildman–Crippen LogP) is 4.51. The Labute approximate surface area is 157 Å². The highest BCUT2D eigenvalue weighted by Gasteiger charge is 2.42. The molecule has 0 heterocycles. The lowest BCUT2D eigenvalue weighted by atomic mass is 9.84. The van der Waals surface area contributed by atoms with Gasteiger partial charge in [0.15, 0.2) is 5.78 Å². The van der Waals surface area contributed by atoms with E-state index in [-0.39, 0.29) is 24.4 Å². The van der Waals surface area contributed by atoms with E-state index in [1.54, 1.807) is 41.9 Å². The van der Waals surface area contributed by atoms with Crippen LogP contribution >= 0.6 is 7.60 Å². The van der Waals surface area contributed by atoms with Crippen LogP contribution in [0.4, 0.5) is 0 Å². The van der Waals surface area contributed by atoms with Gasteiger partial charge in [0.2, 0.25) is 0 Å². The summed E-state index contributed by atoms with van der Waals surface area (Å²) < 4.78 is 34.9. The van der Waals surface area contributed by atoms with Gasteiger partial charge in [0.1, 0.15) is 0 Å². The summed E-state index contributed by atoms with van der Waals surface area (Å²) in [4.78, 5) is 12.3. The second-order valence-electron chi connectivity index (χ2n) is 6.78. The maximum Gasteiger partial charge on any atom is 0.357 e. The van der Waals surface area contributed by atoms with Crippen LogP contribution in [0.25, 0.3) is 0 Å². The molecule has 1 rings (SSSR count). The minimum Gasteiger partial charge on any atom is -0.384 e. The van der Waals surface area contributed by atoms with Gasteiger partial charge >= 0.3 is 7.60 Å². The molecule has 0 fully saturated rings. The van der Waals surface area contributed by atoms with Crippen LogP contribution in [0, 0.1) is 5.41 Å². The van der Waals surface area contributed by atoms with Crippen molar-refractivity contribution in [1.29, 1.82) is 0 Å². The number of allylic oxidation sites excluding steroid dienone is 4. The van der Waals surface area contributed by atoms with Crippen molar-refractivity contribution in [3.8, 4) is 0 Å². The lowest BCUT2D eigenvalue weighted by Crippen LogP contribution is -2.29. The van der Waals surface area contributed by atoms with Gasteiger partial charge in [-0.05, 0) is 64.2 Å². The molecule has 0 atom stereocenters. The third-order valence-electron chi connectivity index (χ3n) is 4.80. The Morgan fingerprint density at radius 1 is 0.962 bits per heavy atom. The minimum atomic E-state index is -3.38. The second kappa shape index (κ2) is 9.95. The van der Waals surface area contributed by atoms with E-state index in [0.29, 0.717) is 31.4 Å². The van der Waals surface area contributed by atoms with Crippen molar-refractivity contribution in [2.24, 2.45) is 5.41 Å². The molecule has 1 aliphatic rings. The quantitative estimate of drug-likeness (QED) is 0.485. The summed E-state index contributed by atoms with van der Waals surface area (Å²) in [6.45, 7) is 10.3. The summed E-state index contributed by atoms with van der Waals surface area (Å²) in [5, 5.41) is 0.556. The number of methoxy groups -OCH3 is 2. The fourth-order valence-electron chi connectivity index (χ4n) is 3.57. The van der Waals surface area contributed by atoms with Gasteiger partial charge in [-0.25, -0.2) is 0 Å². The first-order valence-corrected chi connectivity index (χ1v) is 10.5. The highest BCUT2D eigenvalue weighted by Crippen LogP contribution is 2.59. The molecule has 1 aliphatic carbocycles. The van der Waals surface area contributed by atoms with Crippen molar-refractivity contribution in [3.63, 3.8) is 0 Å². The van der Waals surface area contributed by atoms with Crippen LogP contribution < -0.4 is 0 Å². The first kappa shape index (κ1) is 23.3. The molecule has 26 heavy (non-hydrogen) atoms. The Morgan fingerprint density at radius 2 is 1.42 bits per heavy atom. The smallest absolute Gasteiger partial charge is 0.357 e. The van der Waals surface area contributed by atoms with E-state index in [4.69, 9.17) is 18.5 Å². The molecule has 0 radical (unpaired) electrons. The zero-order valence-corrected chi connectivity index (χ0v) is 18.0. The molecule has 0 bridgehead atoms. The Bertz CT molecular complexity index is 604. The van der Waals surface area contributed by atoms with Crippen LogP contribution in [-0.4, -0.2) is 46.4 Å². The van der Waals surface area contributed by atoms with E-state index in [2.05, 4.69) is 0 Å². The number of hydrogen-bond acceptors (Lipinski definition) is 6. The molecule has 0 saturated carbocycles. The molecular weight excluding hydrogens is 355 g/mol. The van der Waals surface area contributed by atoms with E-state index < -0.39 is 7.60 Å². The molecule has 0 aromatic carbocycles. The normalized spacial score (nSPS) is 18.3. The monoisotopic (exact) mass is 388 g/mol. The van der Waals surface area contributed by atoms with Crippen LogP contribution in [0.2, 0.25) is 0 Å². The molecule has 0 N–H and O–H groups in total. The average Bonchev–Trinajstić information content (AvgIpc) is 2.94. The van der Waals surface area contributed by atoms with Gasteiger partial charge in [0.25, 0.3) is 0 Å². The van der Waals surface area contributed by atoms with Crippen LogP contribution in [0.3, 0.4) is 0 Å².